The standard InChI is InChI=1S/C23H33NO4S/c1-21(2,3)16-10-9-15-12-17-18(29(27,28)19(15)13-16)8-7-11-23(17,22(4,5)6)14-24-20(25)26/h9-10,13,24H,7-8,11-12,14H2,1-6H3,(H,25,26). The molecule has 0 fully saturated rings. The average molecular weight is 420 g/mol. The van der Waals surface area contributed by atoms with Gasteiger partial charge in [-0.1, -0.05) is 53.7 Å². The van der Waals surface area contributed by atoms with Crippen LogP contribution in [-0.2, 0) is 21.7 Å². The summed E-state index contributed by atoms with van der Waals surface area (Å²) in [5.74, 6) is 0. The van der Waals surface area contributed by atoms with E-state index in [1.54, 1.807) is 0 Å². The Morgan fingerprint density at radius 3 is 2.38 bits per heavy atom. The number of benzene rings is 1. The Morgan fingerprint density at radius 1 is 1.17 bits per heavy atom. The lowest BCUT2D eigenvalue weighted by molar-refractivity contribution is 0.0990. The summed E-state index contributed by atoms with van der Waals surface area (Å²) in [5, 5.41) is 11.8. The molecule has 1 aromatic carbocycles. The first-order valence-electron chi connectivity index (χ1n) is 10.3. The number of hydrogen-bond acceptors (Lipinski definition) is 3. The fourth-order valence-electron chi connectivity index (χ4n) is 4.94. The molecular weight excluding hydrogens is 386 g/mol. The first-order valence-corrected chi connectivity index (χ1v) is 11.8. The minimum atomic E-state index is -3.59. The van der Waals surface area contributed by atoms with Gasteiger partial charge in [-0.05, 0) is 59.3 Å². The molecule has 1 heterocycles. The third-order valence-electron chi connectivity index (χ3n) is 6.81. The third kappa shape index (κ3) is 3.60. The second-order valence-electron chi connectivity index (χ2n) is 10.5. The second-order valence-corrected chi connectivity index (χ2v) is 12.4. The molecule has 0 saturated heterocycles. The first kappa shape index (κ1) is 21.9. The number of allylic oxidation sites excluding steroid dienone is 1. The molecule has 0 radical (unpaired) electrons. The van der Waals surface area contributed by atoms with Crippen LogP contribution in [0.2, 0.25) is 0 Å². The predicted octanol–water partition coefficient (Wildman–Crippen LogP) is 5.05. The van der Waals surface area contributed by atoms with E-state index in [-0.39, 0.29) is 17.4 Å². The number of carbonyl (C=O) groups is 1. The van der Waals surface area contributed by atoms with E-state index >= 15 is 0 Å². The van der Waals surface area contributed by atoms with Crippen LogP contribution in [-0.4, -0.2) is 26.2 Å². The minimum Gasteiger partial charge on any atom is -0.465 e. The monoisotopic (exact) mass is 419 g/mol. The van der Waals surface area contributed by atoms with Crippen molar-refractivity contribution in [1.82, 2.24) is 5.32 Å². The maximum atomic E-state index is 13.7. The van der Waals surface area contributed by atoms with E-state index in [0.29, 0.717) is 22.6 Å². The summed E-state index contributed by atoms with van der Waals surface area (Å²) in [4.78, 5) is 12.2. The number of nitrogens with one attached hydrogen (secondary N) is 1. The van der Waals surface area contributed by atoms with Crippen LogP contribution in [0.25, 0.3) is 0 Å². The lowest BCUT2D eigenvalue weighted by atomic mass is 9.57. The van der Waals surface area contributed by atoms with Crippen LogP contribution in [0.3, 0.4) is 0 Å². The largest absolute Gasteiger partial charge is 0.465 e. The van der Waals surface area contributed by atoms with Gasteiger partial charge in [-0.25, -0.2) is 13.2 Å². The van der Waals surface area contributed by atoms with Crippen molar-refractivity contribution in [2.75, 3.05) is 6.54 Å². The molecule has 0 bridgehead atoms. The Bertz CT molecular complexity index is 977. The fraction of sp³-hybridized carbons (Fsp3) is 0.609. The zero-order valence-electron chi connectivity index (χ0n) is 18.3. The molecule has 0 saturated carbocycles. The summed E-state index contributed by atoms with van der Waals surface area (Å²) < 4.78 is 27.4. The lowest BCUT2D eigenvalue weighted by Crippen LogP contribution is -2.50. The van der Waals surface area contributed by atoms with Crippen LogP contribution in [0, 0.1) is 10.8 Å². The van der Waals surface area contributed by atoms with Crippen LogP contribution in [0.1, 0.15) is 71.9 Å². The van der Waals surface area contributed by atoms with E-state index in [2.05, 4.69) is 46.9 Å². The molecule has 0 spiro atoms. The van der Waals surface area contributed by atoms with Gasteiger partial charge >= 0.3 is 6.09 Å². The van der Waals surface area contributed by atoms with Crippen molar-refractivity contribution in [3.05, 3.63) is 39.8 Å². The van der Waals surface area contributed by atoms with Gasteiger partial charge in [0.2, 0.25) is 9.84 Å². The van der Waals surface area contributed by atoms with E-state index in [9.17, 15) is 18.3 Å². The van der Waals surface area contributed by atoms with Crippen molar-refractivity contribution in [2.45, 2.75) is 77.5 Å². The van der Waals surface area contributed by atoms with E-state index < -0.39 is 21.3 Å². The number of amides is 1. The molecule has 3 rings (SSSR count). The van der Waals surface area contributed by atoms with Crippen LogP contribution >= 0.6 is 0 Å². The molecule has 1 aromatic rings. The van der Waals surface area contributed by atoms with Gasteiger partial charge in [-0.2, -0.15) is 0 Å². The topological polar surface area (TPSA) is 83.5 Å². The maximum absolute atomic E-state index is 13.7. The normalized spacial score (nSPS) is 23.9. The summed E-state index contributed by atoms with van der Waals surface area (Å²) in [6, 6.07) is 5.82. The van der Waals surface area contributed by atoms with Crippen LogP contribution in [0.4, 0.5) is 4.79 Å². The van der Waals surface area contributed by atoms with Crippen molar-refractivity contribution in [3.8, 4) is 0 Å². The van der Waals surface area contributed by atoms with Crippen molar-refractivity contribution < 1.29 is 18.3 Å². The summed E-state index contributed by atoms with van der Waals surface area (Å²) in [7, 11) is -3.59. The maximum Gasteiger partial charge on any atom is 0.404 e. The third-order valence-corrected chi connectivity index (χ3v) is 8.87. The highest BCUT2D eigenvalue weighted by Gasteiger charge is 2.51. The molecule has 5 nitrogen and oxygen atoms in total. The molecule has 1 aliphatic heterocycles. The zero-order valence-corrected chi connectivity index (χ0v) is 19.2. The molecule has 29 heavy (non-hydrogen) atoms. The van der Waals surface area contributed by atoms with E-state index in [1.807, 2.05) is 18.2 Å². The lowest BCUT2D eigenvalue weighted by Gasteiger charge is -2.51. The predicted molar refractivity (Wildman–Crippen MR) is 115 cm³/mol. The van der Waals surface area contributed by atoms with Gasteiger partial charge in [0.1, 0.15) is 0 Å². The van der Waals surface area contributed by atoms with Crippen molar-refractivity contribution in [3.63, 3.8) is 0 Å². The Kier molecular flexibility index (Phi) is 5.18. The highest BCUT2D eigenvalue weighted by molar-refractivity contribution is 7.95. The molecular formula is C23H33NO4S. The highest BCUT2D eigenvalue weighted by Crippen LogP contribution is 2.56. The zero-order chi connectivity index (χ0) is 21.8. The highest BCUT2D eigenvalue weighted by atomic mass is 32.2. The van der Waals surface area contributed by atoms with Crippen molar-refractivity contribution in [2.24, 2.45) is 10.8 Å². The van der Waals surface area contributed by atoms with Crippen LogP contribution in [0.5, 0.6) is 0 Å². The average Bonchev–Trinajstić information content (AvgIpc) is 2.58. The smallest absolute Gasteiger partial charge is 0.404 e. The molecule has 2 N–H and O–H groups in total. The van der Waals surface area contributed by atoms with E-state index in [4.69, 9.17) is 0 Å². The first-order chi connectivity index (χ1) is 13.2. The molecule has 1 amide bonds. The Balaban J connectivity index is 2.21. The van der Waals surface area contributed by atoms with Crippen molar-refractivity contribution in [1.29, 1.82) is 0 Å². The van der Waals surface area contributed by atoms with Gasteiger partial charge in [-0.3, -0.25) is 0 Å². The molecule has 2 aliphatic rings. The van der Waals surface area contributed by atoms with Crippen LogP contribution < -0.4 is 5.32 Å². The second kappa shape index (κ2) is 6.86. The number of hydrogen-bond donors (Lipinski definition) is 2. The fourth-order valence-corrected chi connectivity index (χ4v) is 6.98. The van der Waals surface area contributed by atoms with Gasteiger partial charge in [0.05, 0.1) is 4.90 Å². The molecule has 1 unspecified atom stereocenters. The number of carboxylic acid groups (broad SMARTS) is 1. The number of fused-ring (bicyclic) bond motifs is 1. The van der Waals surface area contributed by atoms with Gasteiger partial charge < -0.3 is 10.4 Å². The molecule has 1 aliphatic carbocycles. The van der Waals surface area contributed by atoms with Gasteiger partial charge in [-0.15, -0.1) is 0 Å². The number of sulfone groups is 1. The van der Waals surface area contributed by atoms with E-state index in [1.165, 1.54) is 0 Å². The summed E-state index contributed by atoms with van der Waals surface area (Å²) >= 11 is 0. The van der Waals surface area contributed by atoms with Gasteiger partial charge in [0.25, 0.3) is 0 Å². The Hall–Kier alpha value is -1.82. The Labute approximate surface area is 174 Å². The molecule has 0 aromatic heterocycles. The van der Waals surface area contributed by atoms with Gasteiger partial charge in [0, 0.05) is 16.9 Å². The molecule has 160 valence electrons. The summed E-state index contributed by atoms with van der Waals surface area (Å²) in [6.07, 6.45) is 1.54. The quantitative estimate of drug-likeness (QED) is 0.702. The van der Waals surface area contributed by atoms with Crippen LogP contribution in [0.15, 0.2) is 33.6 Å². The molecule has 1 atom stereocenters. The summed E-state index contributed by atoms with van der Waals surface area (Å²) in [6.45, 7) is 12.7. The van der Waals surface area contributed by atoms with E-state index in [0.717, 1.165) is 29.5 Å². The molecule has 6 heteroatoms. The van der Waals surface area contributed by atoms with Crippen molar-refractivity contribution >= 4 is 15.9 Å². The SMILES string of the molecule is CC(C)(C)c1ccc2c(c1)S(=O)(=O)C1=C(C2)C(CNC(=O)O)(C(C)(C)C)CCC1. The van der Waals surface area contributed by atoms with Gasteiger partial charge in [0.15, 0.2) is 0 Å². The minimum absolute atomic E-state index is 0.133. The number of rotatable bonds is 2. The Morgan fingerprint density at radius 2 is 1.83 bits per heavy atom. The summed E-state index contributed by atoms with van der Waals surface area (Å²) in [5.41, 5.74) is 1.80.